The van der Waals surface area contributed by atoms with Crippen LogP contribution in [0, 0.1) is 6.92 Å². The normalized spacial score (nSPS) is 22.3. The van der Waals surface area contributed by atoms with Crippen LogP contribution in [-0.2, 0) is 7.05 Å². The van der Waals surface area contributed by atoms with Crippen LogP contribution in [0.15, 0.2) is 12.3 Å². The average Bonchev–Trinajstić information content (AvgIpc) is 2.72. The number of aryl methyl sites for hydroxylation is 2. The predicted molar refractivity (Wildman–Crippen MR) is 58.0 cm³/mol. The number of nitrogens with zero attached hydrogens (tertiary/aromatic N) is 2. The Morgan fingerprint density at radius 3 is 3.07 bits per heavy atom. The first-order chi connectivity index (χ1) is 6.75. The molecule has 14 heavy (non-hydrogen) atoms. The van der Waals surface area contributed by atoms with Crippen LogP contribution in [-0.4, -0.2) is 22.4 Å². The van der Waals surface area contributed by atoms with Crippen LogP contribution in [0.5, 0.6) is 0 Å². The fourth-order valence-electron chi connectivity index (χ4n) is 1.88. The van der Waals surface area contributed by atoms with E-state index >= 15 is 0 Å². The maximum atomic E-state index is 4.30. The van der Waals surface area contributed by atoms with Gasteiger partial charge in [-0.05, 0) is 26.3 Å². The Morgan fingerprint density at radius 1 is 1.64 bits per heavy atom. The fourth-order valence-corrected chi connectivity index (χ4v) is 1.88. The maximum absolute atomic E-state index is 4.30. The molecule has 1 N–H and O–H groups in total. The third kappa shape index (κ3) is 2.04. The minimum atomic E-state index is 0.564. The molecule has 0 spiro atoms. The van der Waals surface area contributed by atoms with Gasteiger partial charge in [-0.3, -0.25) is 4.68 Å². The van der Waals surface area contributed by atoms with Crippen LogP contribution in [0.4, 0.5) is 0 Å². The van der Waals surface area contributed by atoms with Gasteiger partial charge in [-0.15, -0.1) is 0 Å². The topological polar surface area (TPSA) is 29.9 Å². The molecule has 0 radical (unpaired) electrons. The third-order valence-corrected chi connectivity index (χ3v) is 2.66. The lowest BCUT2D eigenvalue weighted by Gasteiger charge is -2.01. The second kappa shape index (κ2) is 3.96. The molecular formula is C11H17N3. The van der Waals surface area contributed by atoms with Gasteiger partial charge in [-0.2, -0.15) is 5.10 Å². The number of hydrogen-bond donors (Lipinski definition) is 1. The molecule has 2 rings (SSSR count). The van der Waals surface area contributed by atoms with E-state index in [0.29, 0.717) is 6.04 Å². The zero-order chi connectivity index (χ0) is 9.97. The summed E-state index contributed by atoms with van der Waals surface area (Å²) in [6, 6.07) is 0.564. The van der Waals surface area contributed by atoms with E-state index in [0.717, 1.165) is 12.2 Å². The van der Waals surface area contributed by atoms with E-state index in [9.17, 15) is 0 Å². The van der Waals surface area contributed by atoms with Crippen molar-refractivity contribution in [3.8, 4) is 0 Å². The van der Waals surface area contributed by atoms with Crippen LogP contribution in [0.1, 0.15) is 24.1 Å². The van der Waals surface area contributed by atoms with Gasteiger partial charge in [0.2, 0.25) is 0 Å². The number of rotatable bonds is 2. The van der Waals surface area contributed by atoms with E-state index < -0.39 is 0 Å². The van der Waals surface area contributed by atoms with Gasteiger partial charge in [-0.1, -0.05) is 12.2 Å². The summed E-state index contributed by atoms with van der Waals surface area (Å²) in [4.78, 5) is 0. The van der Waals surface area contributed by atoms with E-state index in [1.807, 2.05) is 18.7 Å². The molecule has 1 aromatic rings. The molecule has 1 unspecified atom stereocenters. The Kier molecular flexibility index (Phi) is 2.68. The summed E-state index contributed by atoms with van der Waals surface area (Å²) in [5.74, 6) is 0. The van der Waals surface area contributed by atoms with Crippen molar-refractivity contribution in [1.82, 2.24) is 15.1 Å². The quantitative estimate of drug-likeness (QED) is 0.767. The molecule has 0 aromatic carbocycles. The minimum absolute atomic E-state index is 0.564. The maximum Gasteiger partial charge on any atom is 0.0665 e. The van der Waals surface area contributed by atoms with E-state index in [4.69, 9.17) is 0 Å². The number of aromatic nitrogens is 2. The molecule has 3 heteroatoms. The van der Waals surface area contributed by atoms with Crippen LogP contribution >= 0.6 is 0 Å². The molecule has 2 heterocycles. The van der Waals surface area contributed by atoms with E-state index in [2.05, 4.69) is 28.8 Å². The van der Waals surface area contributed by atoms with Gasteiger partial charge < -0.3 is 5.32 Å². The zero-order valence-electron chi connectivity index (χ0n) is 8.83. The standard InChI is InChI=1S/C11H17N3/c1-9-10(8-14(2)13-9)5-6-11-4-3-7-12-11/h5-6,8,11-12H,3-4,7H2,1-2H3/b6-5+. The first kappa shape index (κ1) is 9.46. The first-order valence-electron chi connectivity index (χ1n) is 5.17. The highest BCUT2D eigenvalue weighted by atomic mass is 15.2. The van der Waals surface area contributed by atoms with Gasteiger partial charge in [0.05, 0.1) is 5.69 Å². The van der Waals surface area contributed by atoms with Crippen LogP contribution in [0.3, 0.4) is 0 Å². The highest BCUT2D eigenvalue weighted by Crippen LogP contribution is 2.11. The van der Waals surface area contributed by atoms with Crippen molar-refractivity contribution < 1.29 is 0 Å². The van der Waals surface area contributed by atoms with Gasteiger partial charge in [0.15, 0.2) is 0 Å². The summed E-state index contributed by atoms with van der Waals surface area (Å²) in [5.41, 5.74) is 2.32. The van der Waals surface area contributed by atoms with Crippen molar-refractivity contribution in [1.29, 1.82) is 0 Å². The lowest BCUT2D eigenvalue weighted by Crippen LogP contribution is -2.17. The molecule has 0 bridgehead atoms. The average molecular weight is 191 g/mol. The van der Waals surface area contributed by atoms with Crippen molar-refractivity contribution >= 4 is 6.08 Å². The second-order valence-corrected chi connectivity index (χ2v) is 3.91. The SMILES string of the molecule is Cc1nn(C)cc1/C=C/C1CCCN1. The van der Waals surface area contributed by atoms with Crippen molar-refractivity contribution in [3.63, 3.8) is 0 Å². The van der Waals surface area contributed by atoms with Crippen molar-refractivity contribution in [2.75, 3.05) is 6.54 Å². The van der Waals surface area contributed by atoms with Gasteiger partial charge >= 0.3 is 0 Å². The van der Waals surface area contributed by atoms with E-state index in [1.165, 1.54) is 18.4 Å². The molecular weight excluding hydrogens is 174 g/mol. The zero-order valence-corrected chi connectivity index (χ0v) is 8.83. The second-order valence-electron chi connectivity index (χ2n) is 3.91. The monoisotopic (exact) mass is 191 g/mol. The summed E-state index contributed by atoms with van der Waals surface area (Å²) >= 11 is 0. The van der Waals surface area contributed by atoms with Crippen molar-refractivity contribution in [3.05, 3.63) is 23.5 Å². The summed E-state index contributed by atoms with van der Waals surface area (Å²) in [5, 5.41) is 7.74. The Morgan fingerprint density at radius 2 is 2.50 bits per heavy atom. The molecule has 0 aliphatic carbocycles. The Balaban J connectivity index is 2.05. The predicted octanol–water partition coefficient (Wildman–Crippen LogP) is 1.49. The third-order valence-electron chi connectivity index (χ3n) is 2.66. The van der Waals surface area contributed by atoms with Crippen molar-refractivity contribution in [2.45, 2.75) is 25.8 Å². The molecule has 76 valence electrons. The van der Waals surface area contributed by atoms with Crippen molar-refractivity contribution in [2.24, 2.45) is 7.05 Å². The van der Waals surface area contributed by atoms with Gasteiger partial charge in [0.1, 0.15) is 0 Å². The summed E-state index contributed by atoms with van der Waals surface area (Å²) in [6.45, 7) is 3.20. The minimum Gasteiger partial charge on any atom is -0.311 e. The van der Waals surface area contributed by atoms with Gasteiger partial charge in [-0.25, -0.2) is 0 Å². The lowest BCUT2D eigenvalue weighted by molar-refractivity contribution is 0.730. The molecule has 1 saturated heterocycles. The van der Waals surface area contributed by atoms with Crippen LogP contribution in [0.2, 0.25) is 0 Å². The Labute approximate surface area is 84.8 Å². The first-order valence-corrected chi connectivity index (χ1v) is 5.17. The smallest absolute Gasteiger partial charge is 0.0665 e. The highest BCUT2D eigenvalue weighted by Gasteiger charge is 2.10. The molecule has 1 fully saturated rings. The highest BCUT2D eigenvalue weighted by molar-refractivity contribution is 5.51. The molecule has 1 aliphatic rings. The number of nitrogens with one attached hydrogen (secondary N) is 1. The molecule has 1 atom stereocenters. The van der Waals surface area contributed by atoms with Gasteiger partial charge in [0, 0.05) is 24.8 Å². The molecule has 1 aliphatic heterocycles. The molecule has 0 amide bonds. The van der Waals surface area contributed by atoms with Crippen LogP contribution in [0.25, 0.3) is 6.08 Å². The lowest BCUT2D eigenvalue weighted by atomic mass is 10.1. The van der Waals surface area contributed by atoms with E-state index in [1.54, 1.807) is 0 Å². The molecule has 3 nitrogen and oxygen atoms in total. The number of hydrogen-bond acceptors (Lipinski definition) is 2. The summed E-state index contributed by atoms with van der Waals surface area (Å²) in [6.07, 6.45) is 9.03. The largest absolute Gasteiger partial charge is 0.311 e. The Hall–Kier alpha value is -1.09. The fraction of sp³-hybridized carbons (Fsp3) is 0.545. The molecule has 0 saturated carbocycles. The van der Waals surface area contributed by atoms with Gasteiger partial charge in [0.25, 0.3) is 0 Å². The van der Waals surface area contributed by atoms with E-state index in [-0.39, 0.29) is 0 Å². The summed E-state index contributed by atoms with van der Waals surface area (Å²) in [7, 11) is 1.96. The molecule has 1 aromatic heterocycles. The summed E-state index contributed by atoms with van der Waals surface area (Å²) < 4.78 is 1.86. The Bertz CT molecular complexity index is 332. The van der Waals surface area contributed by atoms with Crippen LogP contribution < -0.4 is 5.32 Å².